The third-order valence-corrected chi connectivity index (χ3v) is 4.55. The number of hydrogen-bond acceptors (Lipinski definition) is 3. The average molecular weight is 310 g/mol. The summed E-state index contributed by atoms with van der Waals surface area (Å²) in [5.74, 6) is 1.48. The van der Waals surface area contributed by atoms with Gasteiger partial charge in [-0.05, 0) is 62.2 Å². The van der Waals surface area contributed by atoms with Gasteiger partial charge in [0.2, 0.25) is 0 Å². The van der Waals surface area contributed by atoms with Gasteiger partial charge in [0, 0.05) is 4.88 Å². The number of hydrogen-bond donors (Lipinski definition) is 1. The van der Waals surface area contributed by atoms with E-state index in [-0.39, 0.29) is 0 Å². The molecule has 0 amide bonds. The van der Waals surface area contributed by atoms with Gasteiger partial charge in [0.05, 0.1) is 11.4 Å². The van der Waals surface area contributed by atoms with Gasteiger partial charge in [-0.1, -0.05) is 23.7 Å². The molecule has 0 saturated heterocycles. The summed E-state index contributed by atoms with van der Waals surface area (Å²) in [4.78, 5) is 1.35. The van der Waals surface area contributed by atoms with Gasteiger partial charge in [-0.2, -0.15) is 0 Å². The lowest BCUT2D eigenvalue weighted by Gasteiger charge is -2.16. The quantitative estimate of drug-likeness (QED) is 0.833. The molecule has 4 heteroatoms. The molecule has 0 aliphatic rings. The zero-order valence-corrected chi connectivity index (χ0v) is 13.4. The number of halogens is 1. The molecule has 0 aliphatic carbocycles. The second-order valence-corrected chi connectivity index (χ2v) is 6.69. The monoisotopic (exact) mass is 309 g/mol. The maximum Gasteiger partial charge on any atom is 0.118 e. The number of ether oxygens (including phenoxy) is 1. The predicted molar refractivity (Wildman–Crippen MR) is 87.1 cm³/mol. The Kier molecular flexibility index (Phi) is 5.89. The van der Waals surface area contributed by atoms with Crippen LogP contribution < -0.4 is 10.1 Å². The van der Waals surface area contributed by atoms with E-state index < -0.39 is 0 Å². The summed E-state index contributed by atoms with van der Waals surface area (Å²) in [5, 5.41) is 3.28. The van der Waals surface area contributed by atoms with E-state index in [9.17, 15) is 0 Å². The van der Waals surface area contributed by atoms with Crippen molar-refractivity contribution >= 4 is 22.9 Å². The second kappa shape index (κ2) is 7.67. The molecule has 1 aromatic heterocycles. The Morgan fingerprint density at radius 2 is 1.90 bits per heavy atom. The van der Waals surface area contributed by atoms with Crippen LogP contribution >= 0.6 is 22.9 Å². The number of benzene rings is 1. The van der Waals surface area contributed by atoms with Crippen molar-refractivity contribution in [2.45, 2.75) is 12.8 Å². The average Bonchev–Trinajstić information content (AvgIpc) is 2.85. The van der Waals surface area contributed by atoms with Gasteiger partial charge in [-0.25, -0.2) is 0 Å². The Morgan fingerprint density at radius 3 is 2.45 bits per heavy atom. The van der Waals surface area contributed by atoms with Crippen molar-refractivity contribution in [3.63, 3.8) is 0 Å². The van der Waals surface area contributed by atoms with Gasteiger partial charge in [0.25, 0.3) is 0 Å². The summed E-state index contributed by atoms with van der Waals surface area (Å²) >= 11 is 7.68. The van der Waals surface area contributed by atoms with Gasteiger partial charge >= 0.3 is 0 Å². The first-order valence-corrected chi connectivity index (χ1v) is 7.92. The largest absolute Gasteiger partial charge is 0.497 e. The minimum Gasteiger partial charge on any atom is -0.497 e. The third-order valence-electron chi connectivity index (χ3n) is 3.29. The molecular weight excluding hydrogens is 290 g/mol. The van der Waals surface area contributed by atoms with Gasteiger partial charge in [-0.3, -0.25) is 0 Å². The highest BCUT2D eigenvalue weighted by Gasteiger charge is 2.11. The Bertz CT molecular complexity index is 524. The first kappa shape index (κ1) is 15.4. The molecule has 1 heterocycles. The molecule has 2 nitrogen and oxygen atoms in total. The van der Waals surface area contributed by atoms with Crippen LogP contribution in [0, 0.1) is 5.92 Å². The van der Waals surface area contributed by atoms with E-state index in [1.54, 1.807) is 18.4 Å². The first-order chi connectivity index (χ1) is 9.71. The Morgan fingerprint density at radius 1 is 1.15 bits per heavy atom. The van der Waals surface area contributed by atoms with Crippen molar-refractivity contribution in [2.24, 2.45) is 5.92 Å². The number of rotatable bonds is 7. The summed E-state index contributed by atoms with van der Waals surface area (Å²) in [6.45, 7) is 1.00. The normalized spacial score (nSPS) is 12.3. The smallest absolute Gasteiger partial charge is 0.118 e. The topological polar surface area (TPSA) is 21.3 Å². The van der Waals surface area contributed by atoms with Crippen LogP contribution in [0.5, 0.6) is 5.75 Å². The molecule has 1 N–H and O–H groups in total. The van der Waals surface area contributed by atoms with Crippen LogP contribution in [0.25, 0.3) is 0 Å². The van der Waals surface area contributed by atoms with Crippen molar-refractivity contribution in [2.75, 3.05) is 20.7 Å². The van der Waals surface area contributed by atoms with Crippen LogP contribution in [0.1, 0.15) is 10.4 Å². The van der Waals surface area contributed by atoms with Crippen LogP contribution in [0.4, 0.5) is 0 Å². The van der Waals surface area contributed by atoms with Crippen LogP contribution in [0.2, 0.25) is 4.34 Å². The zero-order valence-electron chi connectivity index (χ0n) is 11.9. The molecule has 0 fully saturated rings. The third kappa shape index (κ3) is 4.51. The van der Waals surface area contributed by atoms with Gasteiger partial charge in [0.1, 0.15) is 5.75 Å². The molecule has 0 radical (unpaired) electrons. The number of methoxy groups -OCH3 is 1. The molecule has 2 aromatic rings. The summed E-state index contributed by atoms with van der Waals surface area (Å²) < 4.78 is 6.06. The van der Waals surface area contributed by atoms with Crippen LogP contribution in [-0.2, 0) is 12.8 Å². The minimum absolute atomic E-state index is 0.572. The minimum atomic E-state index is 0.572. The maximum atomic E-state index is 6.00. The SMILES string of the molecule is CNCC(Cc1ccc(OC)cc1)Cc1ccc(Cl)s1. The number of nitrogens with one attached hydrogen (secondary N) is 1. The van der Waals surface area contributed by atoms with E-state index in [1.807, 2.05) is 25.2 Å². The fourth-order valence-corrected chi connectivity index (χ4v) is 3.55. The lowest BCUT2D eigenvalue weighted by Crippen LogP contribution is -2.22. The highest BCUT2D eigenvalue weighted by atomic mass is 35.5. The number of thiophene rings is 1. The van der Waals surface area contributed by atoms with Crippen molar-refractivity contribution < 1.29 is 4.74 Å². The molecule has 1 aromatic carbocycles. The van der Waals surface area contributed by atoms with E-state index in [2.05, 4.69) is 23.5 Å². The Balaban J connectivity index is 2.00. The fourth-order valence-electron chi connectivity index (χ4n) is 2.35. The van der Waals surface area contributed by atoms with Crippen molar-refractivity contribution in [3.05, 3.63) is 51.2 Å². The lowest BCUT2D eigenvalue weighted by atomic mass is 9.95. The van der Waals surface area contributed by atoms with Gasteiger partial charge < -0.3 is 10.1 Å². The van der Waals surface area contributed by atoms with E-state index in [4.69, 9.17) is 16.3 Å². The van der Waals surface area contributed by atoms with Gasteiger partial charge in [0.15, 0.2) is 0 Å². The molecule has 108 valence electrons. The molecule has 20 heavy (non-hydrogen) atoms. The van der Waals surface area contributed by atoms with Crippen molar-refractivity contribution in [3.8, 4) is 5.75 Å². The van der Waals surface area contributed by atoms with Crippen molar-refractivity contribution in [1.82, 2.24) is 5.32 Å². The molecule has 0 saturated carbocycles. The maximum absolute atomic E-state index is 6.00. The first-order valence-electron chi connectivity index (χ1n) is 6.73. The predicted octanol–water partition coefficient (Wildman–Crippen LogP) is 4.03. The molecule has 1 atom stereocenters. The highest BCUT2D eigenvalue weighted by Crippen LogP contribution is 2.25. The van der Waals surface area contributed by atoms with Gasteiger partial charge in [-0.15, -0.1) is 11.3 Å². The van der Waals surface area contributed by atoms with E-state index in [0.717, 1.165) is 29.5 Å². The molecular formula is C16H20ClNOS. The lowest BCUT2D eigenvalue weighted by molar-refractivity contribution is 0.414. The van der Waals surface area contributed by atoms with E-state index >= 15 is 0 Å². The highest BCUT2D eigenvalue weighted by molar-refractivity contribution is 7.16. The summed E-state index contributed by atoms with van der Waals surface area (Å²) in [7, 11) is 3.70. The van der Waals surface area contributed by atoms with Crippen LogP contribution in [0.15, 0.2) is 36.4 Å². The van der Waals surface area contributed by atoms with Crippen molar-refractivity contribution in [1.29, 1.82) is 0 Å². The molecule has 0 spiro atoms. The van der Waals surface area contributed by atoms with E-state index in [1.165, 1.54) is 10.4 Å². The molecule has 1 unspecified atom stereocenters. The Labute approximate surface area is 129 Å². The second-order valence-electron chi connectivity index (χ2n) is 4.89. The fraction of sp³-hybridized carbons (Fsp3) is 0.375. The summed E-state index contributed by atoms with van der Waals surface area (Å²) in [6, 6.07) is 12.4. The standard InChI is InChI=1S/C16H20ClNOS/c1-18-11-13(10-15-7-8-16(17)20-15)9-12-3-5-14(19-2)6-4-12/h3-8,13,18H,9-11H2,1-2H3. The summed E-state index contributed by atoms with van der Waals surface area (Å²) in [5.41, 5.74) is 1.34. The molecule has 0 aliphatic heterocycles. The van der Waals surface area contributed by atoms with Crippen LogP contribution in [-0.4, -0.2) is 20.7 Å². The van der Waals surface area contributed by atoms with E-state index in [0.29, 0.717) is 5.92 Å². The molecule has 0 bridgehead atoms. The Hall–Kier alpha value is -1.03. The van der Waals surface area contributed by atoms with Crippen LogP contribution in [0.3, 0.4) is 0 Å². The zero-order chi connectivity index (χ0) is 14.4. The summed E-state index contributed by atoms with van der Waals surface area (Å²) in [6.07, 6.45) is 2.12. The molecule has 2 rings (SSSR count).